The molecule has 0 aliphatic heterocycles. The number of carbonyl (C=O) groups excluding carboxylic acids is 1. The second kappa shape index (κ2) is 6.84. The largest absolute Gasteiger partial charge is 0.299 e. The van der Waals surface area contributed by atoms with Crippen molar-refractivity contribution in [3.63, 3.8) is 0 Å². The summed E-state index contributed by atoms with van der Waals surface area (Å²) in [7, 11) is 0. The standard InChI is InChI=1S/C12H13FN6OS/c1-2-7-19-17-11(16-18-19)15-12(21)14-10(20)8-5-3-4-6-9(8)13/h3-6H,2,7H2,1H3,(H2,14,15,17,20,21). The van der Waals surface area contributed by atoms with Gasteiger partial charge in [-0.3, -0.25) is 15.4 Å². The van der Waals surface area contributed by atoms with E-state index in [2.05, 4.69) is 26.0 Å². The molecule has 0 aliphatic rings. The molecule has 0 radical (unpaired) electrons. The first-order valence-electron chi connectivity index (χ1n) is 6.25. The van der Waals surface area contributed by atoms with Crippen molar-refractivity contribution in [1.82, 2.24) is 25.5 Å². The number of tetrazole rings is 1. The summed E-state index contributed by atoms with van der Waals surface area (Å²) in [6.07, 6.45) is 0.865. The van der Waals surface area contributed by atoms with Gasteiger partial charge in [0.15, 0.2) is 5.11 Å². The maximum Gasteiger partial charge on any atom is 0.269 e. The summed E-state index contributed by atoms with van der Waals surface area (Å²) in [6.45, 7) is 2.61. The van der Waals surface area contributed by atoms with Crippen LogP contribution >= 0.6 is 12.2 Å². The van der Waals surface area contributed by atoms with Crippen LogP contribution in [0.2, 0.25) is 0 Å². The fourth-order valence-corrected chi connectivity index (χ4v) is 1.72. The first-order chi connectivity index (χ1) is 10.1. The molecule has 1 aromatic carbocycles. The van der Waals surface area contributed by atoms with E-state index in [9.17, 15) is 9.18 Å². The van der Waals surface area contributed by atoms with Crippen molar-refractivity contribution in [3.05, 3.63) is 35.6 Å². The zero-order valence-corrected chi connectivity index (χ0v) is 12.0. The molecule has 0 bridgehead atoms. The summed E-state index contributed by atoms with van der Waals surface area (Å²) in [5.41, 5.74) is -0.0933. The van der Waals surface area contributed by atoms with E-state index < -0.39 is 11.7 Å². The summed E-state index contributed by atoms with van der Waals surface area (Å²) < 4.78 is 13.4. The van der Waals surface area contributed by atoms with Gasteiger partial charge in [-0.25, -0.2) is 4.39 Å². The minimum Gasteiger partial charge on any atom is -0.299 e. The number of hydrogen-bond acceptors (Lipinski definition) is 5. The molecule has 1 heterocycles. The monoisotopic (exact) mass is 308 g/mol. The minimum atomic E-state index is -0.647. The van der Waals surface area contributed by atoms with Gasteiger partial charge in [-0.2, -0.15) is 4.80 Å². The van der Waals surface area contributed by atoms with Gasteiger partial charge in [-0.1, -0.05) is 24.2 Å². The molecule has 9 heteroatoms. The number of thiocarbonyl (C=S) groups is 1. The van der Waals surface area contributed by atoms with E-state index in [-0.39, 0.29) is 16.6 Å². The molecule has 21 heavy (non-hydrogen) atoms. The molecule has 2 N–H and O–H groups in total. The molecular formula is C12H13FN6OS. The van der Waals surface area contributed by atoms with Crippen LogP contribution in [0.25, 0.3) is 0 Å². The number of benzene rings is 1. The number of aryl methyl sites for hydroxylation is 1. The summed E-state index contributed by atoms with van der Waals surface area (Å²) in [5, 5.41) is 16.5. The Bertz CT molecular complexity index is 659. The summed E-state index contributed by atoms with van der Waals surface area (Å²) >= 11 is 4.95. The van der Waals surface area contributed by atoms with Crippen molar-refractivity contribution in [1.29, 1.82) is 0 Å². The van der Waals surface area contributed by atoms with E-state index in [1.54, 1.807) is 6.07 Å². The van der Waals surface area contributed by atoms with Gasteiger partial charge >= 0.3 is 0 Å². The van der Waals surface area contributed by atoms with Gasteiger partial charge in [-0.15, -0.1) is 5.10 Å². The molecule has 7 nitrogen and oxygen atoms in total. The van der Waals surface area contributed by atoms with Gasteiger partial charge in [0.05, 0.1) is 12.1 Å². The highest BCUT2D eigenvalue weighted by atomic mass is 32.1. The number of aromatic nitrogens is 4. The number of anilines is 1. The van der Waals surface area contributed by atoms with Gasteiger partial charge in [0.1, 0.15) is 5.82 Å². The predicted octanol–water partition coefficient (Wildman–Crippen LogP) is 1.35. The molecule has 0 atom stereocenters. The van der Waals surface area contributed by atoms with Crippen molar-refractivity contribution < 1.29 is 9.18 Å². The molecule has 1 amide bonds. The Labute approximate surface area is 125 Å². The van der Waals surface area contributed by atoms with Crippen LogP contribution in [0, 0.1) is 5.82 Å². The number of carbonyl (C=O) groups is 1. The highest BCUT2D eigenvalue weighted by Crippen LogP contribution is 2.06. The maximum atomic E-state index is 13.4. The number of amides is 1. The Morgan fingerprint density at radius 2 is 2.19 bits per heavy atom. The lowest BCUT2D eigenvalue weighted by molar-refractivity contribution is 0.0974. The van der Waals surface area contributed by atoms with Crippen LogP contribution in [0.4, 0.5) is 10.3 Å². The first kappa shape index (κ1) is 15.0. The molecule has 0 unspecified atom stereocenters. The van der Waals surface area contributed by atoms with Crippen LogP contribution in [0.1, 0.15) is 23.7 Å². The van der Waals surface area contributed by atoms with Crippen LogP contribution in [0.3, 0.4) is 0 Å². The number of hydrogen-bond donors (Lipinski definition) is 2. The van der Waals surface area contributed by atoms with E-state index in [4.69, 9.17) is 12.2 Å². The molecule has 0 saturated heterocycles. The quantitative estimate of drug-likeness (QED) is 0.829. The average molecular weight is 308 g/mol. The minimum absolute atomic E-state index is 0.0284. The van der Waals surface area contributed by atoms with Crippen molar-refractivity contribution in [2.45, 2.75) is 19.9 Å². The number of nitrogens with zero attached hydrogens (tertiary/aromatic N) is 4. The Balaban J connectivity index is 1.95. The SMILES string of the molecule is CCCn1nnc(NC(=S)NC(=O)c2ccccc2F)n1. The predicted molar refractivity (Wildman–Crippen MR) is 78.2 cm³/mol. The zero-order chi connectivity index (χ0) is 15.2. The third kappa shape index (κ3) is 4.02. The average Bonchev–Trinajstić information content (AvgIpc) is 2.86. The zero-order valence-electron chi connectivity index (χ0n) is 11.2. The smallest absolute Gasteiger partial charge is 0.269 e. The van der Waals surface area contributed by atoms with Crippen LogP contribution in [0.15, 0.2) is 24.3 Å². The van der Waals surface area contributed by atoms with Crippen LogP contribution < -0.4 is 10.6 Å². The molecule has 0 aliphatic carbocycles. The lowest BCUT2D eigenvalue weighted by Gasteiger charge is -2.06. The van der Waals surface area contributed by atoms with Crippen molar-refractivity contribution in [2.75, 3.05) is 5.32 Å². The molecule has 110 valence electrons. The fourth-order valence-electron chi connectivity index (χ4n) is 1.54. The third-order valence-electron chi connectivity index (χ3n) is 2.45. The van der Waals surface area contributed by atoms with Gasteiger partial charge in [0.2, 0.25) is 0 Å². The molecule has 0 saturated carbocycles. The van der Waals surface area contributed by atoms with Crippen LogP contribution in [-0.2, 0) is 6.54 Å². The highest BCUT2D eigenvalue weighted by molar-refractivity contribution is 7.80. The van der Waals surface area contributed by atoms with E-state index in [0.29, 0.717) is 6.54 Å². The van der Waals surface area contributed by atoms with Crippen molar-refractivity contribution in [3.8, 4) is 0 Å². The summed E-state index contributed by atoms with van der Waals surface area (Å²) in [5.74, 6) is -1.10. The normalized spacial score (nSPS) is 10.2. The molecule has 2 aromatic rings. The van der Waals surface area contributed by atoms with E-state index >= 15 is 0 Å². The molecule has 2 rings (SSSR count). The van der Waals surface area contributed by atoms with Crippen LogP contribution in [0.5, 0.6) is 0 Å². The van der Waals surface area contributed by atoms with E-state index in [0.717, 1.165) is 6.42 Å². The first-order valence-corrected chi connectivity index (χ1v) is 6.65. The fraction of sp³-hybridized carbons (Fsp3) is 0.250. The second-order valence-corrected chi connectivity index (χ2v) is 4.51. The van der Waals surface area contributed by atoms with Crippen molar-refractivity contribution >= 4 is 29.2 Å². The number of rotatable bonds is 4. The molecule has 0 spiro atoms. The van der Waals surface area contributed by atoms with Crippen LogP contribution in [-0.4, -0.2) is 31.2 Å². The Morgan fingerprint density at radius 1 is 1.43 bits per heavy atom. The summed E-state index contributed by atoms with van der Waals surface area (Å²) in [4.78, 5) is 13.2. The van der Waals surface area contributed by atoms with Gasteiger partial charge in [-0.05, 0) is 36.0 Å². The van der Waals surface area contributed by atoms with Gasteiger partial charge < -0.3 is 0 Å². The maximum absolute atomic E-state index is 13.4. The molecule has 0 fully saturated rings. The Morgan fingerprint density at radius 3 is 2.90 bits per heavy atom. The molecular weight excluding hydrogens is 295 g/mol. The lowest BCUT2D eigenvalue weighted by atomic mass is 10.2. The Hall–Kier alpha value is -2.42. The second-order valence-electron chi connectivity index (χ2n) is 4.10. The van der Waals surface area contributed by atoms with E-state index in [1.807, 2.05) is 6.92 Å². The Kier molecular flexibility index (Phi) is 4.88. The van der Waals surface area contributed by atoms with E-state index in [1.165, 1.54) is 23.0 Å². The van der Waals surface area contributed by atoms with Gasteiger partial charge in [0.25, 0.3) is 11.9 Å². The van der Waals surface area contributed by atoms with Gasteiger partial charge in [0, 0.05) is 0 Å². The molecule has 1 aromatic heterocycles. The van der Waals surface area contributed by atoms with Crippen molar-refractivity contribution in [2.24, 2.45) is 0 Å². The number of halogens is 1. The number of nitrogens with one attached hydrogen (secondary N) is 2. The highest BCUT2D eigenvalue weighted by Gasteiger charge is 2.13. The summed E-state index contributed by atoms with van der Waals surface area (Å²) in [6, 6.07) is 5.62. The third-order valence-corrected chi connectivity index (χ3v) is 2.65. The topological polar surface area (TPSA) is 84.7 Å². The lowest BCUT2D eigenvalue weighted by Crippen LogP contribution is -2.34.